The van der Waals surface area contributed by atoms with Crippen LogP contribution >= 0.6 is 22.6 Å². The van der Waals surface area contributed by atoms with Gasteiger partial charge in [0.25, 0.3) is 0 Å². The van der Waals surface area contributed by atoms with Crippen LogP contribution in [0.2, 0.25) is 0 Å². The van der Waals surface area contributed by atoms with Crippen LogP contribution in [0.5, 0.6) is 0 Å². The second-order valence-corrected chi connectivity index (χ2v) is 5.40. The molecule has 21 heavy (non-hydrogen) atoms. The highest BCUT2D eigenvalue weighted by Gasteiger charge is 2.33. The second kappa shape index (κ2) is 5.25. The minimum Gasteiger partial charge on any atom is -0.223 e. The Kier molecular flexibility index (Phi) is 3.56. The van der Waals surface area contributed by atoms with Crippen molar-refractivity contribution < 1.29 is 13.2 Å². The van der Waals surface area contributed by atoms with Gasteiger partial charge in [0.15, 0.2) is 3.83 Å². The van der Waals surface area contributed by atoms with Gasteiger partial charge in [-0.15, -0.1) is 0 Å². The van der Waals surface area contributed by atoms with E-state index in [1.54, 1.807) is 34.7 Å². The molecule has 1 aromatic heterocycles. The Morgan fingerprint density at radius 1 is 0.905 bits per heavy atom. The Bertz CT molecular complexity index is 810. The van der Waals surface area contributed by atoms with Crippen molar-refractivity contribution in [3.8, 4) is 11.3 Å². The summed E-state index contributed by atoms with van der Waals surface area (Å²) in [6.07, 6.45) is -4.48. The standard InChI is InChI=1S/C15H8F3IN2/c16-15(17,18)13-8-12(20-14(19)21-13)11-7-3-5-9-4-1-2-6-10(9)11/h1-8H. The molecule has 0 fully saturated rings. The quantitative estimate of drug-likeness (QED) is 0.428. The van der Waals surface area contributed by atoms with Gasteiger partial charge >= 0.3 is 6.18 Å². The molecule has 2 nitrogen and oxygen atoms in total. The molecule has 0 bridgehead atoms. The third-order valence-electron chi connectivity index (χ3n) is 3.05. The van der Waals surface area contributed by atoms with Crippen molar-refractivity contribution in [3.05, 3.63) is 58.1 Å². The maximum atomic E-state index is 12.9. The average Bonchev–Trinajstić information content (AvgIpc) is 2.45. The summed E-state index contributed by atoms with van der Waals surface area (Å²) in [5.74, 6) is 0. The number of benzene rings is 2. The molecule has 0 unspecified atom stereocenters. The predicted octanol–water partition coefficient (Wildman–Crippen LogP) is 4.92. The molecule has 6 heteroatoms. The van der Waals surface area contributed by atoms with Gasteiger partial charge in [-0.3, -0.25) is 0 Å². The lowest BCUT2D eigenvalue weighted by molar-refractivity contribution is -0.141. The normalized spacial score (nSPS) is 11.8. The molecule has 0 aliphatic heterocycles. The summed E-state index contributed by atoms with van der Waals surface area (Å²) in [5.41, 5.74) is 0.0160. The summed E-state index contributed by atoms with van der Waals surface area (Å²) in [5, 5.41) is 1.82. The van der Waals surface area contributed by atoms with Gasteiger partial charge in [0.05, 0.1) is 5.69 Å². The maximum Gasteiger partial charge on any atom is 0.433 e. The van der Waals surface area contributed by atoms with Gasteiger partial charge in [0.2, 0.25) is 0 Å². The summed E-state index contributed by atoms with van der Waals surface area (Å²) >= 11 is 1.70. The van der Waals surface area contributed by atoms with Crippen molar-refractivity contribution in [2.45, 2.75) is 6.18 Å². The molecule has 1 heterocycles. The largest absolute Gasteiger partial charge is 0.433 e. The van der Waals surface area contributed by atoms with Crippen LogP contribution in [0.15, 0.2) is 48.5 Å². The van der Waals surface area contributed by atoms with Crippen molar-refractivity contribution in [2.75, 3.05) is 0 Å². The van der Waals surface area contributed by atoms with Crippen LogP contribution in [-0.4, -0.2) is 9.97 Å². The molecular formula is C15H8F3IN2. The van der Waals surface area contributed by atoms with Gasteiger partial charge in [-0.1, -0.05) is 42.5 Å². The zero-order valence-corrected chi connectivity index (χ0v) is 12.7. The number of hydrogen-bond donors (Lipinski definition) is 0. The first-order valence-electron chi connectivity index (χ1n) is 6.05. The molecule has 0 atom stereocenters. The van der Waals surface area contributed by atoms with Crippen LogP contribution in [0.4, 0.5) is 13.2 Å². The molecule has 0 amide bonds. The average molecular weight is 400 g/mol. The van der Waals surface area contributed by atoms with E-state index in [0.29, 0.717) is 5.56 Å². The predicted molar refractivity (Wildman–Crippen MR) is 82.7 cm³/mol. The lowest BCUT2D eigenvalue weighted by atomic mass is 10.0. The van der Waals surface area contributed by atoms with Gasteiger partial charge in [0, 0.05) is 28.2 Å². The number of aromatic nitrogens is 2. The summed E-state index contributed by atoms with van der Waals surface area (Å²) in [4.78, 5) is 7.60. The number of nitrogens with zero attached hydrogens (tertiary/aromatic N) is 2. The number of rotatable bonds is 1. The number of halogens is 4. The Balaban J connectivity index is 2.26. The van der Waals surface area contributed by atoms with Crippen molar-refractivity contribution in [1.29, 1.82) is 0 Å². The van der Waals surface area contributed by atoms with Gasteiger partial charge < -0.3 is 0 Å². The SMILES string of the molecule is FC(F)(F)c1cc(-c2cccc3ccccc23)nc(I)n1. The highest BCUT2D eigenvalue weighted by atomic mass is 127. The first kappa shape index (κ1) is 14.2. The van der Waals surface area contributed by atoms with Crippen LogP contribution in [0.1, 0.15) is 5.69 Å². The molecule has 0 spiro atoms. The molecule has 0 radical (unpaired) electrons. The number of fused-ring (bicyclic) bond motifs is 1. The molecule has 3 aromatic rings. The first-order valence-corrected chi connectivity index (χ1v) is 7.13. The third-order valence-corrected chi connectivity index (χ3v) is 3.54. The summed E-state index contributed by atoms with van der Waals surface area (Å²) in [6.45, 7) is 0. The molecule has 2 aromatic carbocycles. The minimum absolute atomic E-state index is 0.0744. The van der Waals surface area contributed by atoms with E-state index in [2.05, 4.69) is 9.97 Å². The van der Waals surface area contributed by atoms with Crippen LogP contribution in [0.3, 0.4) is 0 Å². The van der Waals surface area contributed by atoms with Crippen LogP contribution in [0, 0.1) is 3.83 Å². The van der Waals surface area contributed by atoms with Crippen molar-refractivity contribution in [2.24, 2.45) is 0 Å². The van der Waals surface area contributed by atoms with Crippen LogP contribution in [-0.2, 0) is 6.18 Å². The zero-order chi connectivity index (χ0) is 15.0. The number of alkyl halides is 3. The zero-order valence-electron chi connectivity index (χ0n) is 10.5. The van der Waals surface area contributed by atoms with E-state index in [1.165, 1.54) is 0 Å². The molecular weight excluding hydrogens is 392 g/mol. The fourth-order valence-electron chi connectivity index (χ4n) is 2.15. The molecule has 0 N–H and O–H groups in total. The maximum absolute atomic E-state index is 12.9. The van der Waals surface area contributed by atoms with Crippen LogP contribution in [0.25, 0.3) is 22.0 Å². The summed E-state index contributed by atoms with van der Waals surface area (Å²) in [6, 6.07) is 14.0. The van der Waals surface area contributed by atoms with E-state index in [4.69, 9.17) is 0 Å². The minimum atomic E-state index is -4.48. The van der Waals surface area contributed by atoms with Gasteiger partial charge in [-0.05, 0) is 16.8 Å². The lowest BCUT2D eigenvalue weighted by Crippen LogP contribution is -2.10. The Hall–Kier alpha value is -1.70. The van der Waals surface area contributed by atoms with E-state index in [1.807, 2.05) is 30.3 Å². The summed E-state index contributed by atoms with van der Waals surface area (Å²) in [7, 11) is 0. The van der Waals surface area contributed by atoms with Crippen molar-refractivity contribution in [1.82, 2.24) is 9.97 Å². The smallest absolute Gasteiger partial charge is 0.223 e. The van der Waals surface area contributed by atoms with Gasteiger partial charge in [-0.25, -0.2) is 9.97 Å². The molecule has 0 aliphatic rings. The summed E-state index contributed by atoms with van der Waals surface area (Å²) < 4.78 is 38.7. The molecule has 3 rings (SSSR count). The van der Waals surface area contributed by atoms with E-state index in [9.17, 15) is 13.2 Å². The van der Waals surface area contributed by atoms with Gasteiger partial charge in [-0.2, -0.15) is 13.2 Å². The van der Waals surface area contributed by atoms with E-state index in [0.717, 1.165) is 16.8 Å². The van der Waals surface area contributed by atoms with Crippen LogP contribution < -0.4 is 0 Å². The third kappa shape index (κ3) is 2.85. The molecule has 0 saturated carbocycles. The van der Waals surface area contributed by atoms with Gasteiger partial charge in [0.1, 0.15) is 5.69 Å². The monoisotopic (exact) mass is 400 g/mol. The number of hydrogen-bond acceptors (Lipinski definition) is 2. The van der Waals surface area contributed by atoms with E-state index >= 15 is 0 Å². The molecule has 106 valence electrons. The topological polar surface area (TPSA) is 25.8 Å². The first-order chi connectivity index (χ1) is 9.95. The Morgan fingerprint density at radius 3 is 2.38 bits per heavy atom. The highest BCUT2D eigenvalue weighted by molar-refractivity contribution is 14.1. The van der Waals surface area contributed by atoms with E-state index < -0.39 is 11.9 Å². The fourth-order valence-corrected chi connectivity index (χ4v) is 2.67. The van der Waals surface area contributed by atoms with E-state index in [-0.39, 0.29) is 9.53 Å². The Morgan fingerprint density at radius 2 is 1.62 bits per heavy atom. The fraction of sp³-hybridized carbons (Fsp3) is 0.0667. The Labute approximate surface area is 132 Å². The van der Waals surface area contributed by atoms with Crippen molar-refractivity contribution >= 4 is 33.4 Å². The lowest BCUT2D eigenvalue weighted by Gasteiger charge is -2.10. The second-order valence-electron chi connectivity index (χ2n) is 4.43. The van der Waals surface area contributed by atoms with Crippen molar-refractivity contribution in [3.63, 3.8) is 0 Å². The highest BCUT2D eigenvalue weighted by Crippen LogP contribution is 2.32. The molecule has 0 saturated heterocycles. The molecule has 0 aliphatic carbocycles.